The summed E-state index contributed by atoms with van der Waals surface area (Å²) in [5.74, 6) is 0.982. The third-order valence-electron chi connectivity index (χ3n) is 6.09. The molecule has 1 heterocycles. The molecule has 0 saturated heterocycles. The molecule has 2 amide bonds. The van der Waals surface area contributed by atoms with E-state index in [1.807, 2.05) is 26.0 Å². The van der Waals surface area contributed by atoms with Gasteiger partial charge in [-0.2, -0.15) is 0 Å². The molecule has 0 bridgehead atoms. The predicted molar refractivity (Wildman–Crippen MR) is 126 cm³/mol. The van der Waals surface area contributed by atoms with Crippen molar-refractivity contribution in [1.29, 1.82) is 0 Å². The molecule has 1 aliphatic heterocycles. The number of hydrogen-bond donors (Lipinski definition) is 1. The molecule has 2 unspecified atom stereocenters. The van der Waals surface area contributed by atoms with Gasteiger partial charge in [0.2, 0.25) is 12.3 Å². The number of carbonyl (C=O) groups excluding carboxylic acids is 2. The molecule has 2 aromatic rings. The standard InChI is InChI=1S/C26H35N3O3/c1-4-24(29(5-2)19-30)26(31)28(3)18-21-12-10-20(11-13-21)16-27-17-23-15-14-22-8-6-7-9-25(22)32-23/h6-13,19,23-24,27H,4-5,14-18H2,1-3H3. The summed E-state index contributed by atoms with van der Waals surface area (Å²) < 4.78 is 6.09. The second-order valence-corrected chi connectivity index (χ2v) is 8.39. The van der Waals surface area contributed by atoms with E-state index in [2.05, 4.69) is 41.7 Å². The molecule has 6 nitrogen and oxygen atoms in total. The number of ether oxygens (including phenoxy) is 1. The minimum absolute atomic E-state index is 0.0266. The largest absolute Gasteiger partial charge is 0.489 e. The van der Waals surface area contributed by atoms with Gasteiger partial charge in [0, 0.05) is 33.2 Å². The number of fused-ring (bicyclic) bond motifs is 1. The van der Waals surface area contributed by atoms with Gasteiger partial charge in [0.05, 0.1) is 0 Å². The fourth-order valence-corrected chi connectivity index (χ4v) is 4.19. The lowest BCUT2D eigenvalue weighted by atomic mass is 10.0. The highest BCUT2D eigenvalue weighted by molar-refractivity contribution is 5.83. The lowest BCUT2D eigenvalue weighted by Gasteiger charge is -2.29. The van der Waals surface area contributed by atoms with Crippen molar-refractivity contribution in [3.8, 4) is 5.75 Å². The normalized spacial score (nSPS) is 15.9. The SMILES string of the molecule is CCC(C(=O)N(C)Cc1ccc(CNCC2CCc3ccccc3O2)cc1)N(C=O)CC. The molecule has 32 heavy (non-hydrogen) atoms. The molecule has 2 atom stereocenters. The van der Waals surface area contributed by atoms with E-state index in [0.29, 0.717) is 19.5 Å². The van der Waals surface area contributed by atoms with Crippen LogP contribution in [0.2, 0.25) is 0 Å². The Morgan fingerprint density at radius 1 is 1.16 bits per heavy atom. The number of para-hydroxylation sites is 1. The number of hydrogen-bond acceptors (Lipinski definition) is 4. The van der Waals surface area contributed by atoms with Gasteiger partial charge in [-0.15, -0.1) is 0 Å². The van der Waals surface area contributed by atoms with Crippen LogP contribution in [0.3, 0.4) is 0 Å². The molecule has 0 fully saturated rings. The van der Waals surface area contributed by atoms with E-state index in [4.69, 9.17) is 4.74 Å². The summed E-state index contributed by atoms with van der Waals surface area (Å²) in [5.41, 5.74) is 3.56. The molecule has 0 radical (unpaired) electrons. The highest BCUT2D eigenvalue weighted by atomic mass is 16.5. The Kier molecular flexibility index (Phi) is 8.68. The third-order valence-corrected chi connectivity index (χ3v) is 6.09. The van der Waals surface area contributed by atoms with Gasteiger partial charge in [-0.05, 0) is 48.9 Å². The number of benzene rings is 2. The van der Waals surface area contributed by atoms with E-state index in [-0.39, 0.29) is 12.0 Å². The summed E-state index contributed by atoms with van der Waals surface area (Å²) in [4.78, 5) is 27.3. The molecular formula is C26H35N3O3. The molecule has 0 aromatic heterocycles. The molecule has 172 valence electrons. The first-order valence-corrected chi connectivity index (χ1v) is 11.5. The molecule has 0 aliphatic carbocycles. The Hall–Kier alpha value is -2.86. The fraction of sp³-hybridized carbons (Fsp3) is 0.462. The predicted octanol–water partition coefficient (Wildman–Crippen LogP) is 3.39. The third kappa shape index (κ3) is 6.10. The van der Waals surface area contributed by atoms with Gasteiger partial charge in [0.25, 0.3) is 0 Å². The minimum atomic E-state index is -0.403. The van der Waals surface area contributed by atoms with Crippen LogP contribution in [0, 0.1) is 0 Å². The lowest BCUT2D eigenvalue weighted by molar-refractivity contribution is -0.140. The maximum absolute atomic E-state index is 12.8. The monoisotopic (exact) mass is 437 g/mol. The maximum Gasteiger partial charge on any atom is 0.245 e. The van der Waals surface area contributed by atoms with Crippen LogP contribution < -0.4 is 10.1 Å². The highest BCUT2D eigenvalue weighted by Gasteiger charge is 2.25. The first kappa shape index (κ1) is 23.8. The zero-order chi connectivity index (χ0) is 22.9. The summed E-state index contributed by atoms with van der Waals surface area (Å²) in [5, 5.41) is 3.50. The number of amides is 2. The van der Waals surface area contributed by atoms with Crippen LogP contribution in [0.1, 0.15) is 43.4 Å². The second kappa shape index (κ2) is 11.7. The number of nitrogens with zero attached hydrogens (tertiary/aromatic N) is 2. The summed E-state index contributed by atoms with van der Waals surface area (Å²) in [6, 6.07) is 16.2. The summed E-state index contributed by atoms with van der Waals surface area (Å²) in [6.07, 6.45) is 3.66. The van der Waals surface area contributed by atoms with Gasteiger partial charge in [-0.3, -0.25) is 9.59 Å². The zero-order valence-electron chi connectivity index (χ0n) is 19.4. The smallest absolute Gasteiger partial charge is 0.245 e. The average molecular weight is 438 g/mol. The number of nitrogens with one attached hydrogen (secondary N) is 1. The fourth-order valence-electron chi connectivity index (χ4n) is 4.19. The van der Waals surface area contributed by atoms with Gasteiger partial charge in [0.1, 0.15) is 17.9 Å². The van der Waals surface area contributed by atoms with Gasteiger partial charge in [-0.25, -0.2) is 0 Å². The minimum Gasteiger partial charge on any atom is -0.489 e. The Labute approximate surface area is 191 Å². The Balaban J connectivity index is 1.45. The van der Waals surface area contributed by atoms with Crippen LogP contribution in [0.5, 0.6) is 5.75 Å². The first-order valence-electron chi connectivity index (χ1n) is 11.5. The van der Waals surface area contributed by atoms with Gasteiger partial charge < -0.3 is 19.9 Å². The van der Waals surface area contributed by atoms with Crippen LogP contribution in [0.15, 0.2) is 48.5 Å². The summed E-state index contributed by atoms with van der Waals surface area (Å²) in [7, 11) is 1.79. The van der Waals surface area contributed by atoms with Crippen LogP contribution >= 0.6 is 0 Å². The number of aryl methyl sites for hydroxylation is 1. The Morgan fingerprint density at radius 3 is 2.56 bits per heavy atom. The molecule has 0 spiro atoms. The molecule has 2 aromatic carbocycles. The molecular weight excluding hydrogens is 402 g/mol. The van der Waals surface area contributed by atoms with Crippen molar-refractivity contribution in [2.45, 2.75) is 58.3 Å². The quantitative estimate of drug-likeness (QED) is 0.548. The first-order chi connectivity index (χ1) is 15.5. The van der Waals surface area contributed by atoms with Crippen molar-refractivity contribution < 1.29 is 14.3 Å². The number of likely N-dealkylation sites (N-methyl/N-ethyl adjacent to an activating group) is 2. The van der Waals surface area contributed by atoms with Gasteiger partial charge in [0.15, 0.2) is 0 Å². The van der Waals surface area contributed by atoms with Crippen LogP contribution in [-0.4, -0.2) is 54.4 Å². The maximum atomic E-state index is 12.8. The van der Waals surface area contributed by atoms with Crippen molar-refractivity contribution in [2.24, 2.45) is 0 Å². The van der Waals surface area contributed by atoms with Crippen molar-refractivity contribution >= 4 is 12.3 Å². The van der Waals surface area contributed by atoms with Crippen LogP contribution in [0.25, 0.3) is 0 Å². The number of rotatable bonds is 11. The van der Waals surface area contributed by atoms with Crippen LogP contribution in [-0.2, 0) is 29.1 Å². The average Bonchev–Trinajstić information content (AvgIpc) is 2.83. The van der Waals surface area contributed by atoms with Gasteiger partial charge >= 0.3 is 0 Å². The lowest BCUT2D eigenvalue weighted by Crippen LogP contribution is -2.46. The van der Waals surface area contributed by atoms with Crippen molar-refractivity contribution in [2.75, 3.05) is 20.1 Å². The van der Waals surface area contributed by atoms with Crippen molar-refractivity contribution in [3.05, 3.63) is 65.2 Å². The molecule has 0 saturated carbocycles. The zero-order valence-corrected chi connectivity index (χ0v) is 19.4. The van der Waals surface area contributed by atoms with E-state index >= 15 is 0 Å². The van der Waals surface area contributed by atoms with E-state index < -0.39 is 6.04 Å². The second-order valence-electron chi connectivity index (χ2n) is 8.39. The van der Waals surface area contributed by atoms with Crippen molar-refractivity contribution in [1.82, 2.24) is 15.1 Å². The van der Waals surface area contributed by atoms with Crippen molar-refractivity contribution in [3.63, 3.8) is 0 Å². The molecule has 1 aliphatic rings. The topological polar surface area (TPSA) is 61.9 Å². The summed E-state index contributed by atoms with van der Waals surface area (Å²) in [6.45, 7) is 6.46. The number of carbonyl (C=O) groups is 2. The van der Waals surface area contributed by atoms with Crippen LogP contribution in [0.4, 0.5) is 0 Å². The van der Waals surface area contributed by atoms with E-state index in [1.165, 1.54) is 11.1 Å². The summed E-state index contributed by atoms with van der Waals surface area (Å²) >= 11 is 0. The Morgan fingerprint density at radius 2 is 1.88 bits per heavy atom. The van der Waals surface area contributed by atoms with E-state index in [0.717, 1.165) is 43.7 Å². The van der Waals surface area contributed by atoms with Gasteiger partial charge in [-0.1, -0.05) is 49.4 Å². The Bertz CT molecular complexity index is 884. The molecule has 6 heteroatoms. The van der Waals surface area contributed by atoms with E-state index in [9.17, 15) is 9.59 Å². The molecule has 3 rings (SSSR count). The molecule has 1 N–H and O–H groups in total. The van der Waals surface area contributed by atoms with E-state index in [1.54, 1.807) is 16.8 Å². The highest BCUT2D eigenvalue weighted by Crippen LogP contribution is 2.26.